The van der Waals surface area contributed by atoms with Gasteiger partial charge in [0.15, 0.2) is 0 Å². The Labute approximate surface area is 118 Å². The van der Waals surface area contributed by atoms with Gasteiger partial charge in [-0.25, -0.2) is 0 Å². The Kier molecular flexibility index (Phi) is 4.32. The minimum absolute atomic E-state index is 0.0434. The second-order valence-corrected chi connectivity index (χ2v) is 5.32. The second-order valence-electron chi connectivity index (χ2n) is 4.91. The molecule has 1 amide bonds. The zero-order valence-electron chi connectivity index (χ0n) is 11.3. The SMILES string of the molecule is CCC1C(=O)NCCN1c1ccc([C@@H](C)N)cc1Cl. The number of halogens is 1. The zero-order chi connectivity index (χ0) is 14.0. The lowest BCUT2D eigenvalue weighted by Gasteiger charge is -2.37. The third-order valence-corrected chi connectivity index (χ3v) is 3.83. The van der Waals surface area contributed by atoms with Crippen LogP contribution in [0.15, 0.2) is 18.2 Å². The fraction of sp³-hybridized carbons (Fsp3) is 0.500. The van der Waals surface area contributed by atoms with Crippen molar-refractivity contribution in [2.45, 2.75) is 32.4 Å². The second kappa shape index (κ2) is 5.80. The van der Waals surface area contributed by atoms with E-state index < -0.39 is 0 Å². The zero-order valence-corrected chi connectivity index (χ0v) is 12.1. The molecule has 1 aliphatic rings. The van der Waals surface area contributed by atoms with Gasteiger partial charge in [-0.1, -0.05) is 24.6 Å². The number of amides is 1. The normalized spacial score (nSPS) is 21.2. The number of hydrogen-bond donors (Lipinski definition) is 2. The van der Waals surface area contributed by atoms with Crippen molar-refractivity contribution in [2.24, 2.45) is 5.73 Å². The fourth-order valence-corrected chi connectivity index (χ4v) is 2.75. The molecule has 2 atom stereocenters. The average molecular weight is 282 g/mol. The molecule has 4 nitrogen and oxygen atoms in total. The third kappa shape index (κ3) is 2.85. The van der Waals surface area contributed by atoms with Crippen LogP contribution in [0.2, 0.25) is 5.02 Å². The molecule has 0 bridgehead atoms. The molecule has 0 saturated carbocycles. The van der Waals surface area contributed by atoms with Gasteiger partial charge in [0.05, 0.1) is 10.7 Å². The van der Waals surface area contributed by atoms with E-state index >= 15 is 0 Å². The highest BCUT2D eigenvalue weighted by molar-refractivity contribution is 6.33. The van der Waals surface area contributed by atoms with E-state index in [2.05, 4.69) is 10.2 Å². The van der Waals surface area contributed by atoms with E-state index in [0.29, 0.717) is 11.6 Å². The van der Waals surface area contributed by atoms with Crippen LogP contribution in [0.3, 0.4) is 0 Å². The van der Waals surface area contributed by atoms with Gasteiger partial charge >= 0.3 is 0 Å². The summed E-state index contributed by atoms with van der Waals surface area (Å²) in [6.07, 6.45) is 0.761. The van der Waals surface area contributed by atoms with E-state index in [4.69, 9.17) is 17.3 Å². The predicted octanol–water partition coefficient (Wildman–Crippen LogP) is 2.07. The van der Waals surface area contributed by atoms with Crippen LogP contribution in [0.1, 0.15) is 31.9 Å². The Balaban J connectivity index is 2.32. The lowest BCUT2D eigenvalue weighted by Crippen LogP contribution is -2.55. The molecular formula is C14H20ClN3O. The highest BCUT2D eigenvalue weighted by Crippen LogP contribution is 2.31. The van der Waals surface area contributed by atoms with Crippen molar-refractivity contribution < 1.29 is 4.79 Å². The minimum atomic E-state index is -0.146. The molecule has 19 heavy (non-hydrogen) atoms. The molecule has 1 unspecified atom stereocenters. The molecule has 1 saturated heterocycles. The van der Waals surface area contributed by atoms with Crippen molar-refractivity contribution in [2.75, 3.05) is 18.0 Å². The number of carbonyl (C=O) groups is 1. The highest BCUT2D eigenvalue weighted by atomic mass is 35.5. The van der Waals surface area contributed by atoms with Crippen molar-refractivity contribution in [3.8, 4) is 0 Å². The maximum absolute atomic E-state index is 11.9. The summed E-state index contributed by atoms with van der Waals surface area (Å²) in [5.74, 6) is 0.0705. The Bertz CT molecular complexity index is 476. The molecule has 2 rings (SSSR count). The lowest BCUT2D eigenvalue weighted by molar-refractivity contribution is -0.123. The van der Waals surface area contributed by atoms with Crippen molar-refractivity contribution in [1.82, 2.24) is 5.32 Å². The summed E-state index contributed by atoms with van der Waals surface area (Å²) >= 11 is 6.35. The third-order valence-electron chi connectivity index (χ3n) is 3.52. The summed E-state index contributed by atoms with van der Waals surface area (Å²) in [6.45, 7) is 5.36. The van der Waals surface area contributed by atoms with E-state index in [1.54, 1.807) is 0 Å². The van der Waals surface area contributed by atoms with Crippen LogP contribution in [0.4, 0.5) is 5.69 Å². The molecule has 1 aromatic carbocycles. The molecule has 3 N–H and O–H groups in total. The molecule has 1 heterocycles. The van der Waals surface area contributed by atoms with Crippen LogP contribution < -0.4 is 16.0 Å². The summed E-state index contributed by atoms with van der Waals surface area (Å²) in [6, 6.07) is 5.64. The monoisotopic (exact) mass is 281 g/mol. The van der Waals surface area contributed by atoms with Crippen LogP contribution in [-0.2, 0) is 4.79 Å². The largest absolute Gasteiger partial charge is 0.357 e. The van der Waals surface area contributed by atoms with Crippen molar-refractivity contribution in [1.29, 1.82) is 0 Å². The van der Waals surface area contributed by atoms with Gasteiger partial charge in [-0.3, -0.25) is 4.79 Å². The van der Waals surface area contributed by atoms with E-state index in [-0.39, 0.29) is 18.0 Å². The van der Waals surface area contributed by atoms with E-state index in [1.807, 2.05) is 32.0 Å². The standard InChI is InChI=1S/C14H20ClN3O/c1-3-12-14(19)17-6-7-18(12)13-5-4-10(9(2)16)8-11(13)15/h4-5,8-9,12H,3,6-7,16H2,1-2H3,(H,17,19)/t9-,12?/m1/s1. The molecule has 1 fully saturated rings. The number of nitrogens with two attached hydrogens (primary N) is 1. The summed E-state index contributed by atoms with van der Waals surface area (Å²) < 4.78 is 0. The van der Waals surface area contributed by atoms with Gasteiger partial charge in [0.2, 0.25) is 5.91 Å². The molecule has 1 aliphatic heterocycles. The molecule has 5 heteroatoms. The number of carbonyl (C=O) groups excluding carboxylic acids is 1. The first-order valence-corrected chi connectivity index (χ1v) is 7.01. The molecule has 1 aromatic rings. The van der Waals surface area contributed by atoms with Crippen LogP contribution >= 0.6 is 11.6 Å². The lowest BCUT2D eigenvalue weighted by atomic mass is 10.1. The number of hydrogen-bond acceptors (Lipinski definition) is 3. The van der Waals surface area contributed by atoms with Crippen molar-refractivity contribution in [3.63, 3.8) is 0 Å². The summed E-state index contributed by atoms with van der Waals surface area (Å²) in [5.41, 5.74) is 7.76. The predicted molar refractivity (Wildman–Crippen MR) is 78.5 cm³/mol. The van der Waals surface area contributed by atoms with Gasteiger partial charge in [-0.15, -0.1) is 0 Å². The first kappa shape index (κ1) is 14.2. The number of benzene rings is 1. The Morgan fingerprint density at radius 1 is 1.58 bits per heavy atom. The number of anilines is 1. The fourth-order valence-electron chi connectivity index (χ4n) is 2.45. The van der Waals surface area contributed by atoms with Gasteiger partial charge in [0, 0.05) is 19.1 Å². The average Bonchev–Trinajstić information content (AvgIpc) is 2.38. The smallest absolute Gasteiger partial charge is 0.242 e. The summed E-state index contributed by atoms with van der Waals surface area (Å²) in [7, 11) is 0. The molecular weight excluding hydrogens is 262 g/mol. The van der Waals surface area contributed by atoms with Gasteiger partial charge in [-0.2, -0.15) is 0 Å². The van der Waals surface area contributed by atoms with E-state index in [1.165, 1.54) is 0 Å². The topological polar surface area (TPSA) is 58.4 Å². The van der Waals surface area contributed by atoms with Crippen LogP contribution in [0.5, 0.6) is 0 Å². The minimum Gasteiger partial charge on any atom is -0.357 e. The molecule has 0 aromatic heterocycles. The highest BCUT2D eigenvalue weighted by Gasteiger charge is 2.29. The van der Waals surface area contributed by atoms with Crippen LogP contribution in [-0.4, -0.2) is 25.0 Å². The van der Waals surface area contributed by atoms with Crippen molar-refractivity contribution >= 4 is 23.2 Å². The first-order valence-electron chi connectivity index (χ1n) is 6.64. The maximum atomic E-state index is 11.9. The molecule has 0 radical (unpaired) electrons. The van der Waals surface area contributed by atoms with Crippen LogP contribution in [0, 0.1) is 0 Å². The van der Waals surface area contributed by atoms with Gasteiger partial charge in [-0.05, 0) is 31.0 Å². The first-order chi connectivity index (χ1) is 9.04. The number of piperazine rings is 1. The van der Waals surface area contributed by atoms with Crippen molar-refractivity contribution in [3.05, 3.63) is 28.8 Å². The molecule has 104 valence electrons. The van der Waals surface area contributed by atoms with Crippen LogP contribution in [0.25, 0.3) is 0 Å². The van der Waals surface area contributed by atoms with Gasteiger partial charge < -0.3 is 16.0 Å². The van der Waals surface area contributed by atoms with E-state index in [9.17, 15) is 4.79 Å². The Hall–Kier alpha value is -1.26. The molecule has 0 spiro atoms. The maximum Gasteiger partial charge on any atom is 0.242 e. The van der Waals surface area contributed by atoms with E-state index in [0.717, 1.165) is 24.2 Å². The number of nitrogens with one attached hydrogen (secondary N) is 1. The van der Waals surface area contributed by atoms with Gasteiger partial charge in [0.25, 0.3) is 0 Å². The molecule has 0 aliphatic carbocycles. The number of rotatable bonds is 3. The quantitative estimate of drug-likeness (QED) is 0.892. The Morgan fingerprint density at radius 3 is 2.89 bits per heavy atom. The summed E-state index contributed by atoms with van der Waals surface area (Å²) in [4.78, 5) is 14.0. The summed E-state index contributed by atoms with van der Waals surface area (Å²) in [5, 5.41) is 3.54. The van der Waals surface area contributed by atoms with Gasteiger partial charge in [0.1, 0.15) is 6.04 Å². The number of nitrogens with zero attached hydrogens (tertiary/aromatic N) is 1. The Morgan fingerprint density at radius 2 is 2.32 bits per heavy atom.